The van der Waals surface area contributed by atoms with Crippen LogP contribution in [-0.4, -0.2) is 17.9 Å². The molecule has 1 heterocycles. The van der Waals surface area contributed by atoms with Crippen molar-refractivity contribution < 1.29 is 9.53 Å². The van der Waals surface area contributed by atoms with Crippen LogP contribution in [0.1, 0.15) is 17.3 Å². The van der Waals surface area contributed by atoms with Crippen molar-refractivity contribution in [3.8, 4) is 16.9 Å². The third-order valence-corrected chi connectivity index (χ3v) is 2.78. The van der Waals surface area contributed by atoms with Crippen molar-refractivity contribution in [2.45, 2.75) is 6.92 Å². The van der Waals surface area contributed by atoms with Crippen molar-refractivity contribution in [3.05, 3.63) is 47.2 Å². The Kier molecular flexibility index (Phi) is 3.95. The zero-order chi connectivity index (χ0) is 13.0. The third-order valence-electron chi connectivity index (χ3n) is 2.46. The number of aromatic nitrogens is 1. The lowest BCUT2D eigenvalue weighted by Crippen LogP contribution is -1.93. The van der Waals surface area contributed by atoms with Gasteiger partial charge >= 0.3 is 0 Å². The van der Waals surface area contributed by atoms with E-state index in [1.807, 2.05) is 13.0 Å². The van der Waals surface area contributed by atoms with Crippen LogP contribution in [-0.2, 0) is 0 Å². The summed E-state index contributed by atoms with van der Waals surface area (Å²) < 4.78 is 5.39. The maximum absolute atomic E-state index is 10.7. The molecule has 0 saturated heterocycles. The molecule has 92 valence electrons. The monoisotopic (exact) mass is 261 g/mol. The van der Waals surface area contributed by atoms with Gasteiger partial charge in [-0.25, -0.2) is 0 Å². The first-order chi connectivity index (χ1) is 8.74. The molecule has 0 bridgehead atoms. The van der Waals surface area contributed by atoms with Crippen LogP contribution >= 0.6 is 11.6 Å². The van der Waals surface area contributed by atoms with E-state index < -0.39 is 0 Å². The average Bonchev–Trinajstić information content (AvgIpc) is 2.39. The fourth-order valence-electron chi connectivity index (χ4n) is 1.65. The first-order valence-electron chi connectivity index (χ1n) is 5.57. The van der Waals surface area contributed by atoms with Crippen LogP contribution in [0.2, 0.25) is 5.02 Å². The van der Waals surface area contributed by atoms with Gasteiger partial charge in [-0.05, 0) is 19.1 Å². The fraction of sp³-hybridized carbons (Fsp3) is 0.143. The number of carbonyl (C=O) groups is 1. The number of ether oxygens (including phenoxy) is 1. The molecular weight excluding hydrogens is 250 g/mol. The number of rotatable bonds is 4. The van der Waals surface area contributed by atoms with E-state index in [1.165, 1.54) is 0 Å². The van der Waals surface area contributed by atoms with Gasteiger partial charge in [0.1, 0.15) is 12.0 Å². The average molecular weight is 262 g/mol. The van der Waals surface area contributed by atoms with Crippen LogP contribution in [0.5, 0.6) is 5.75 Å². The lowest BCUT2D eigenvalue weighted by atomic mass is 10.1. The van der Waals surface area contributed by atoms with Crippen LogP contribution in [0.15, 0.2) is 36.7 Å². The molecule has 0 amide bonds. The zero-order valence-corrected chi connectivity index (χ0v) is 10.6. The number of benzene rings is 1. The molecule has 0 radical (unpaired) electrons. The Morgan fingerprint density at radius 1 is 1.33 bits per heavy atom. The number of nitrogens with zero attached hydrogens (tertiary/aromatic N) is 1. The Bertz CT molecular complexity index is 569. The van der Waals surface area contributed by atoms with E-state index in [9.17, 15) is 4.79 Å². The van der Waals surface area contributed by atoms with Crippen LogP contribution in [0.25, 0.3) is 11.1 Å². The molecule has 0 aliphatic rings. The molecule has 1 aromatic carbocycles. The molecule has 4 heteroatoms. The molecule has 0 unspecified atom stereocenters. The first kappa shape index (κ1) is 12.6. The summed E-state index contributed by atoms with van der Waals surface area (Å²) in [7, 11) is 0. The highest BCUT2D eigenvalue weighted by atomic mass is 35.5. The van der Waals surface area contributed by atoms with Gasteiger partial charge in [0.05, 0.1) is 12.8 Å². The molecule has 0 aliphatic heterocycles. The highest BCUT2D eigenvalue weighted by Crippen LogP contribution is 2.29. The summed E-state index contributed by atoms with van der Waals surface area (Å²) in [5.41, 5.74) is 2.25. The highest BCUT2D eigenvalue weighted by Gasteiger charge is 2.06. The molecule has 0 spiro atoms. The molecule has 18 heavy (non-hydrogen) atoms. The van der Waals surface area contributed by atoms with Gasteiger partial charge in [0.15, 0.2) is 0 Å². The zero-order valence-electron chi connectivity index (χ0n) is 9.89. The van der Waals surface area contributed by atoms with Gasteiger partial charge in [0, 0.05) is 27.9 Å². The molecule has 2 rings (SSSR count). The predicted octanol–water partition coefficient (Wildman–Crippen LogP) is 3.61. The predicted molar refractivity (Wildman–Crippen MR) is 71.2 cm³/mol. The van der Waals surface area contributed by atoms with E-state index in [-0.39, 0.29) is 0 Å². The van der Waals surface area contributed by atoms with Crippen LogP contribution < -0.4 is 4.74 Å². The van der Waals surface area contributed by atoms with E-state index in [0.29, 0.717) is 22.9 Å². The van der Waals surface area contributed by atoms with Crippen molar-refractivity contribution in [2.24, 2.45) is 0 Å². The first-order valence-corrected chi connectivity index (χ1v) is 5.95. The summed E-state index contributed by atoms with van der Waals surface area (Å²) >= 11 is 6.14. The molecule has 0 N–H and O–H groups in total. The molecule has 1 aromatic heterocycles. The van der Waals surface area contributed by atoms with Gasteiger partial charge in [0.25, 0.3) is 0 Å². The summed E-state index contributed by atoms with van der Waals surface area (Å²) in [6, 6.07) is 7.04. The second-order valence-electron chi connectivity index (χ2n) is 3.70. The highest BCUT2D eigenvalue weighted by molar-refractivity contribution is 6.33. The van der Waals surface area contributed by atoms with Gasteiger partial charge in [-0.15, -0.1) is 0 Å². The van der Waals surface area contributed by atoms with Crippen molar-refractivity contribution in [1.29, 1.82) is 0 Å². The minimum absolute atomic E-state index is 0.523. The number of hydrogen-bond acceptors (Lipinski definition) is 3. The summed E-state index contributed by atoms with van der Waals surface area (Å²) in [6.45, 7) is 2.50. The standard InChI is InChI=1S/C14H12ClNO2/c1-2-18-12-6-11(7-16-8-12)13-4-3-10(9-17)5-14(13)15/h3-9H,2H2,1H3. The molecule has 2 aromatic rings. The Labute approximate surface area is 110 Å². The van der Waals surface area contributed by atoms with Crippen molar-refractivity contribution in [2.75, 3.05) is 6.61 Å². The smallest absolute Gasteiger partial charge is 0.150 e. The second-order valence-corrected chi connectivity index (χ2v) is 4.11. The second kappa shape index (κ2) is 5.65. The SMILES string of the molecule is CCOc1cncc(-c2ccc(C=O)cc2Cl)c1. The van der Waals surface area contributed by atoms with Gasteiger partial charge in [-0.3, -0.25) is 9.78 Å². The Morgan fingerprint density at radius 3 is 2.83 bits per heavy atom. The Morgan fingerprint density at radius 2 is 2.17 bits per heavy atom. The van der Waals surface area contributed by atoms with Crippen LogP contribution in [0.3, 0.4) is 0 Å². The van der Waals surface area contributed by atoms with E-state index in [2.05, 4.69) is 4.98 Å². The fourth-order valence-corrected chi connectivity index (χ4v) is 1.95. The largest absolute Gasteiger partial charge is 0.492 e. The maximum Gasteiger partial charge on any atom is 0.150 e. The maximum atomic E-state index is 10.7. The number of aldehydes is 1. The summed E-state index contributed by atoms with van der Waals surface area (Å²) in [5.74, 6) is 0.700. The Hall–Kier alpha value is -1.87. The number of halogens is 1. The minimum atomic E-state index is 0.523. The van der Waals surface area contributed by atoms with Crippen LogP contribution in [0.4, 0.5) is 0 Å². The van der Waals surface area contributed by atoms with E-state index in [1.54, 1.807) is 30.6 Å². The van der Waals surface area contributed by atoms with E-state index in [4.69, 9.17) is 16.3 Å². The quantitative estimate of drug-likeness (QED) is 0.789. The van der Waals surface area contributed by atoms with E-state index >= 15 is 0 Å². The van der Waals surface area contributed by atoms with Crippen LogP contribution in [0, 0.1) is 0 Å². The van der Waals surface area contributed by atoms with Gasteiger partial charge in [-0.2, -0.15) is 0 Å². The molecule has 0 atom stereocenters. The summed E-state index contributed by atoms with van der Waals surface area (Å²) in [5, 5.41) is 0.523. The van der Waals surface area contributed by atoms with Gasteiger partial charge in [-0.1, -0.05) is 23.7 Å². The van der Waals surface area contributed by atoms with E-state index in [0.717, 1.165) is 17.4 Å². The lowest BCUT2D eigenvalue weighted by molar-refractivity contribution is 0.112. The number of carbonyl (C=O) groups excluding carboxylic acids is 1. The number of hydrogen-bond donors (Lipinski definition) is 0. The van der Waals surface area contributed by atoms with Gasteiger partial charge in [0.2, 0.25) is 0 Å². The molecule has 0 aliphatic carbocycles. The minimum Gasteiger partial charge on any atom is -0.492 e. The van der Waals surface area contributed by atoms with Crippen molar-refractivity contribution >= 4 is 17.9 Å². The molecule has 0 fully saturated rings. The normalized spacial score (nSPS) is 10.1. The topological polar surface area (TPSA) is 39.2 Å². The van der Waals surface area contributed by atoms with Crippen molar-refractivity contribution in [3.63, 3.8) is 0 Å². The summed E-state index contributed by atoms with van der Waals surface area (Å²) in [4.78, 5) is 14.8. The molecular formula is C14H12ClNO2. The Balaban J connectivity index is 2.41. The van der Waals surface area contributed by atoms with Gasteiger partial charge < -0.3 is 4.74 Å². The molecule has 3 nitrogen and oxygen atoms in total. The number of pyridine rings is 1. The summed E-state index contributed by atoms with van der Waals surface area (Å²) in [6.07, 6.45) is 4.13. The van der Waals surface area contributed by atoms with Crippen molar-refractivity contribution in [1.82, 2.24) is 4.98 Å². The lowest BCUT2D eigenvalue weighted by Gasteiger charge is -2.07. The molecule has 0 saturated carbocycles. The third kappa shape index (κ3) is 2.68.